The molecule has 0 amide bonds. The van der Waals surface area contributed by atoms with Crippen LogP contribution in [0.25, 0.3) is 0 Å². The van der Waals surface area contributed by atoms with Crippen molar-refractivity contribution in [3.63, 3.8) is 0 Å². The van der Waals surface area contributed by atoms with Crippen molar-refractivity contribution in [2.24, 2.45) is 0 Å². The zero-order valence-corrected chi connectivity index (χ0v) is 14.6. The van der Waals surface area contributed by atoms with E-state index < -0.39 is 15.8 Å². The van der Waals surface area contributed by atoms with Crippen LogP contribution in [0.5, 0.6) is 0 Å². The first-order valence-corrected chi connectivity index (χ1v) is 9.14. The quantitative estimate of drug-likeness (QED) is 0.818. The van der Waals surface area contributed by atoms with Crippen molar-refractivity contribution in [3.05, 3.63) is 44.3 Å². The van der Waals surface area contributed by atoms with Gasteiger partial charge in [0.2, 0.25) is 0 Å². The molecule has 4 nitrogen and oxygen atoms in total. The van der Waals surface area contributed by atoms with Gasteiger partial charge in [0.05, 0.1) is 10.2 Å². The Kier molecular flexibility index (Phi) is 5.03. The number of anilines is 1. The zero-order chi connectivity index (χ0) is 15.6. The molecule has 0 spiro atoms. The highest BCUT2D eigenvalue weighted by Gasteiger charge is 2.20. The third-order valence-electron chi connectivity index (χ3n) is 2.74. The molecule has 114 valence electrons. The minimum Gasteiger partial charge on any atom is -0.315 e. The smallest absolute Gasteiger partial charge is 0.263 e. The van der Waals surface area contributed by atoms with Crippen LogP contribution in [0.2, 0.25) is 0 Å². The minimum atomic E-state index is -3.68. The summed E-state index contributed by atoms with van der Waals surface area (Å²) >= 11 is 4.46. The molecule has 1 heterocycles. The third-order valence-corrected chi connectivity index (χ3v) is 6.03. The molecular formula is C13H14BrFN2O2S2. The monoisotopic (exact) mass is 392 g/mol. The Labute approximate surface area is 135 Å². The third kappa shape index (κ3) is 3.82. The highest BCUT2D eigenvalue weighted by atomic mass is 79.9. The molecule has 0 aliphatic rings. The molecule has 0 radical (unpaired) electrons. The first-order valence-electron chi connectivity index (χ1n) is 6.05. The lowest BCUT2D eigenvalue weighted by Gasteiger charge is -2.08. The van der Waals surface area contributed by atoms with Crippen molar-refractivity contribution >= 4 is 43.0 Å². The molecular weight excluding hydrogens is 379 g/mol. The number of hydrogen-bond acceptors (Lipinski definition) is 4. The van der Waals surface area contributed by atoms with E-state index in [9.17, 15) is 12.8 Å². The van der Waals surface area contributed by atoms with Crippen molar-refractivity contribution in [2.75, 3.05) is 11.8 Å². The van der Waals surface area contributed by atoms with E-state index in [0.717, 1.165) is 4.88 Å². The van der Waals surface area contributed by atoms with Crippen LogP contribution in [0.3, 0.4) is 0 Å². The lowest BCUT2D eigenvalue weighted by molar-refractivity contribution is 0.600. The van der Waals surface area contributed by atoms with E-state index in [1.54, 1.807) is 20.0 Å². The molecule has 2 aromatic rings. The molecule has 0 saturated carbocycles. The van der Waals surface area contributed by atoms with E-state index in [-0.39, 0.29) is 9.37 Å². The van der Waals surface area contributed by atoms with Gasteiger partial charge in [0.15, 0.2) is 0 Å². The fourth-order valence-corrected chi connectivity index (χ4v) is 4.90. The number of thiophene rings is 1. The van der Waals surface area contributed by atoms with E-state index in [0.29, 0.717) is 17.1 Å². The Morgan fingerprint density at radius 3 is 2.67 bits per heavy atom. The Hall–Kier alpha value is -0.960. The maximum Gasteiger partial charge on any atom is 0.263 e. The number of halogens is 2. The summed E-state index contributed by atoms with van der Waals surface area (Å²) < 4.78 is 40.7. The maximum absolute atomic E-state index is 13.2. The van der Waals surface area contributed by atoms with Crippen molar-refractivity contribution in [1.29, 1.82) is 0 Å². The standard InChI is InChI=1S/C13H14BrFN2O2S2/c1-8-13(6-10(20-8)7-16-2)21(18,19)17-9-3-4-12(15)11(14)5-9/h3-6,16-17H,7H2,1-2H3. The minimum absolute atomic E-state index is 0.209. The Morgan fingerprint density at radius 2 is 2.05 bits per heavy atom. The highest BCUT2D eigenvalue weighted by molar-refractivity contribution is 9.10. The van der Waals surface area contributed by atoms with Crippen LogP contribution in [0.1, 0.15) is 9.75 Å². The molecule has 0 fully saturated rings. The van der Waals surface area contributed by atoms with Crippen LogP contribution in [0.15, 0.2) is 33.6 Å². The van der Waals surface area contributed by atoms with Gasteiger partial charge in [-0.3, -0.25) is 4.72 Å². The summed E-state index contributed by atoms with van der Waals surface area (Å²) in [5, 5.41) is 2.99. The average Bonchev–Trinajstić information content (AvgIpc) is 2.76. The van der Waals surface area contributed by atoms with Gasteiger partial charge >= 0.3 is 0 Å². The summed E-state index contributed by atoms with van der Waals surface area (Å²) in [6.07, 6.45) is 0. The van der Waals surface area contributed by atoms with Crippen molar-refractivity contribution in [1.82, 2.24) is 5.32 Å². The Bertz CT molecular complexity index is 760. The van der Waals surface area contributed by atoms with Crippen LogP contribution in [0, 0.1) is 12.7 Å². The van der Waals surface area contributed by atoms with Gasteiger partial charge in [0, 0.05) is 16.3 Å². The summed E-state index contributed by atoms with van der Waals surface area (Å²) in [7, 11) is -1.88. The Balaban J connectivity index is 2.31. The van der Waals surface area contributed by atoms with Crippen molar-refractivity contribution in [2.45, 2.75) is 18.4 Å². The molecule has 0 bridgehead atoms. The molecule has 0 aliphatic heterocycles. The number of benzene rings is 1. The van der Waals surface area contributed by atoms with E-state index in [4.69, 9.17) is 0 Å². The lowest BCUT2D eigenvalue weighted by atomic mass is 10.3. The second kappa shape index (κ2) is 6.43. The van der Waals surface area contributed by atoms with E-state index >= 15 is 0 Å². The molecule has 0 unspecified atom stereocenters. The number of nitrogens with one attached hydrogen (secondary N) is 2. The lowest BCUT2D eigenvalue weighted by Crippen LogP contribution is -2.13. The van der Waals surface area contributed by atoms with Gasteiger partial charge in [-0.15, -0.1) is 11.3 Å². The largest absolute Gasteiger partial charge is 0.315 e. The first-order chi connectivity index (χ1) is 9.83. The van der Waals surface area contributed by atoms with Crippen LogP contribution in [0.4, 0.5) is 10.1 Å². The van der Waals surface area contributed by atoms with Gasteiger partial charge in [-0.25, -0.2) is 12.8 Å². The van der Waals surface area contributed by atoms with Gasteiger partial charge in [-0.05, 0) is 54.2 Å². The van der Waals surface area contributed by atoms with Crippen LogP contribution in [-0.2, 0) is 16.6 Å². The van der Waals surface area contributed by atoms with E-state index in [2.05, 4.69) is 26.0 Å². The molecule has 0 aliphatic carbocycles. The molecule has 2 rings (SSSR count). The zero-order valence-electron chi connectivity index (χ0n) is 11.4. The molecule has 8 heteroatoms. The Morgan fingerprint density at radius 1 is 1.33 bits per heavy atom. The summed E-state index contributed by atoms with van der Waals surface area (Å²) in [5.41, 5.74) is 0.309. The number of aryl methyl sites for hydroxylation is 1. The molecule has 21 heavy (non-hydrogen) atoms. The van der Waals surface area contributed by atoms with E-state index in [1.807, 2.05) is 0 Å². The van der Waals surface area contributed by atoms with Gasteiger partial charge in [0.25, 0.3) is 10.0 Å². The summed E-state index contributed by atoms with van der Waals surface area (Å²) in [6.45, 7) is 2.38. The summed E-state index contributed by atoms with van der Waals surface area (Å²) in [6, 6.07) is 5.63. The maximum atomic E-state index is 13.2. The highest BCUT2D eigenvalue weighted by Crippen LogP contribution is 2.28. The van der Waals surface area contributed by atoms with Crippen molar-refractivity contribution < 1.29 is 12.8 Å². The molecule has 2 N–H and O–H groups in total. The fraction of sp³-hybridized carbons (Fsp3) is 0.231. The topological polar surface area (TPSA) is 58.2 Å². The van der Waals surface area contributed by atoms with Crippen molar-refractivity contribution in [3.8, 4) is 0 Å². The predicted molar refractivity (Wildman–Crippen MR) is 86.7 cm³/mol. The van der Waals surface area contributed by atoms with Gasteiger partial charge in [-0.1, -0.05) is 0 Å². The van der Waals surface area contributed by atoms with Gasteiger partial charge in [0.1, 0.15) is 10.7 Å². The van der Waals surface area contributed by atoms with Gasteiger partial charge < -0.3 is 5.32 Å². The molecule has 0 atom stereocenters. The SMILES string of the molecule is CNCc1cc(S(=O)(=O)Nc2ccc(F)c(Br)c2)c(C)s1. The fourth-order valence-electron chi connectivity index (χ4n) is 1.82. The number of rotatable bonds is 5. The van der Waals surface area contributed by atoms with Crippen LogP contribution >= 0.6 is 27.3 Å². The average molecular weight is 393 g/mol. The first kappa shape index (κ1) is 16.4. The van der Waals surface area contributed by atoms with Crippen LogP contribution in [-0.4, -0.2) is 15.5 Å². The summed E-state index contributed by atoms with van der Waals surface area (Å²) in [4.78, 5) is 1.91. The normalized spacial score (nSPS) is 11.6. The summed E-state index contributed by atoms with van der Waals surface area (Å²) in [5.74, 6) is -0.444. The number of sulfonamides is 1. The predicted octanol–water partition coefficient (Wildman–Crippen LogP) is 3.48. The van der Waals surface area contributed by atoms with Crippen LogP contribution < -0.4 is 10.0 Å². The molecule has 1 aromatic heterocycles. The van der Waals surface area contributed by atoms with Gasteiger partial charge in [-0.2, -0.15) is 0 Å². The molecule has 1 aromatic carbocycles. The number of hydrogen-bond donors (Lipinski definition) is 2. The second-order valence-electron chi connectivity index (χ2n) is 4.40. The molecule has 0 saturated heterocycles. The van der Waals surface area contributed by atoms with E-state index in [1.165, 1.54) is 29.5 Å². The second-order valence-corrected chi connectivity index (χ2v) is 8.24.